The molecular formula is C14H16Br2N2O3. The van der Waals surface area contributed by atoms with E-state index in [4.69, 9.17) is 4.74 Å². The van der Waals surface area contributed by atoms with E-state index in [1.165, 1.54) is 0 Å². The van der Waals surface area contributed by atoms with Gasteiger partial charge in [-0.15, -0.1) is 0 Å². The number of hydrogen-bond donors (Lipinski definition) is 1. The van der Waals surface area contributed by atoms with Gasteiger partial charge in [-0.2, -0.15) is 0 Å². The van der Waals surface area contributed by atoms with Crippen molar-refractivity contribution in [3.8, 4) is 0 Å². The van der Waals surface area contributed by atoms with Gasteiger partial charge in [0.15, 0.2) is 0 Å². The molecule has 0 saturated carbocycles. The van der Waals surface area contributed by atoms with Gasteiger partial charge < -0.3 is 15.0 Å². The molecular weight excluding hydrogens is 404 g/mol. The Morgan fingerprint density at radius 3 is 2.62 bits per heavy atom. The van der Waals surface area contributed by atoms with Gasteiger partial charge in [0, 0.05) is 35.0 Å². The van der Waals surface area contributed by atoms with Gasteiger partial charge in [0.05, 0.1) is 18.8 Å². The minimum atomic E-state index is -0.191. The molecule has 1 aromatic carbocycles. The molecule has 1 aromatic rings. The lowest BCUT2D eigenvalue weighted by Crippen LogP contribution is -2.42. The van der Waals surface area contributed by atoms with Crippen LogP contribution in [0.25, 0.3) is 0 Å². The van der Waals surface area contributed by atoms with Crippen LogP contribution in [0.1, 0.15) is 16.8 Å². The number of morpholine rings is 1. The second-order valence-electron chi connectivity index (χ2n) is 4.62. The summed E-state index contributed by atoms with van der Waals surface area (Å²) in [6.07, 6.45) is 0.305. The van der Waals surface area contributed by atoms with Crippen molar-refractivity contribution in [3.05, 3.63) is 32.7 Å². The molecule has 1 heterocycles. The monoisotopic (exact) mass is 418 g/mol. The highest BCUT2D eigenvalue weighted by atomic mass is 79.9. The van der Waals surface area contributed by atoms with Crippen molar-refractivity contribution >= 4 is 43.7 Å². The van der Waals surface area contributed by atoms with Gasteiger partial charge in [-0.05, 0) is 34.1 Å². The van der Waals surface area contributed by atoms with Gasteiger partial charge in [0.2, 0.25) is 5.91 Å². The summed E-state index contributed by atoms with van der Waals surface area (Å²) < 4.78 is 6.81. The molecule has 0 atom stereocenters. The highest BCUT2D eigenvalue weighted by Gasteiger charge is 2.17. The van der Waals surface area contributed by atoms with Crippen molar-refractivity contribution < 1.29 is 14.3 Å². The number of hydrogen-bond acceptors (Lipinski definition) is 3. The fourth-order valence-electron chi connectivity index (χ4n) is 2.02. The number of amides is 2. The van der Waals surface area contributed by atoms with E-state index in [-0.39, 0.29) is 11.8 Å². The van der Waals surface area contributed by atoms with E-state index in [0.29, 0.717) is 49.3 Å². The van der Waals surface area contributed by atoms with Crippen molar-refractivity contribution in [2.75, 3.05) is 32.8 Å². The van der Waals surface area contributed by atoms with Gasteiger partial charge in [-0.25, -0.2) is 0 Å². The molecule has 0 aromatic heterocycles. The minimum absolute atomic E-state index is 0.0495. The minimum Gasteiger partial charge on any atom is -0.378 e. The normalized spacial score (nSPS) is 14.9. The summed E-state index contributed by atoms with van der Waals surface area (Å²) in [6, 6.07) is 5.35. The third kappa shape index (κ3) is 4.79. The first-order chi connectivity index (χ1) is 10.1. The summed E-state index contributed by atoms with van der Waals surface area (Å²) in [5.74, 6) is -0.141. The van der Waals surface area contributed by atoms with E-state index < -0.39 is 0 Å². The zero-order valence-corrected chi connectivity index (χ0v) is 14.6. The maximum atomic E-state index is 12.0. The summed E-state index contributed by atoms with van der Waals surface area (Å²) in [5, 5.41) is 2.77. The lowest BCUT2D eigenvalue weighted by molar-refractivity contribution is -0.135. The van der Waals surface area contributed by atoms with Crippen LogP contribution in [0.2, 0.25) is 0 Å². The van der Waals surface area contributed by atoms with Gasteiger partial charge >= 0.3 is 0 Å². The maximum absolute atomic E-state index is 12.0. The zero-order chi connectivity index (χ0) is 15.2. The standard InChI is InChI=1S/C14H16Br2N2O3/c15-10-1-2-11(12(16)9-10)14(20)17-4-3-13(19)18-5-7-21-8-6-18/h1-2,9H,3-8H2,(H,17,20). The van der Waals surface area contributed by atoms with Crippen molar-refractivity contribution in [2.24, 2.45) is 0 Å². The number of benzene rings is 1. The SMILES string of the molecule is O=C(NCCC(=O)N1CCOCC1)c1ccc(Br)cc1Br. The number of rotatable bonds is 4. The first-order valence-electron chi connectivity index (χ1n) is 6.66. The Kier molecular flexibility index (Phi) is 6.20. The molecule has 1 saturated heterocycles. The Bertz CT molecular complexity index is 531. The summed E-state index contributed by atoms with van der Waals surface area (Å²) in [7, 11) is 0. The predicted molar refractivity (Wildman–Crippen MR) is 86.2 cm³/mol. The Labute approximate surface area is 140 Å². The molecule has 1 aliphatic heterocycles. The van der Waals surface area contributed by atoms with Gasteiger partial charge in [0.25, 0.3) is 5.91 Å². The lowest BCUT2D eigenvalue weighted by Gasteiger charge is -2.26. The van der Waals surface area contributed by atoms with Crippen LogP contribution in [-0.4, -0.2) is 49.6 Å². The van der Waals surface area contributed by atoms with Crippen LogP contribution in [0.4, 0.5) is 0 Å². The van der Waals surface area contributed by atoms with Crippen molar-refractivity contribution in [1.29, 1.82) is 0 Å². The predicted octanol–water partition coefficient (Wildman–Crippen LogP) is 2.19. The molecule has 7 heteroatoms. The molecule has 0 radical (unpaired) electrons. The average Bonchev–Trinajstić information content (AvgIpc) is 2.47. The largest absolute Gasteiger partial charge is 0.378 e. The van der Waals surface area contributed by atoms with Crippen LogP contribution in [-0.2, 0) is 9.53 Å². The van der Waals surface area contributed by atoms with E-state index in [0.717, 1.165) is 4.47 Å². The molecule has 0 aliphatic carbocycles. The summed E-state index contributed by atoms with van der Waals surface area (Å²) >= 11 is 6.69. The molecule has 114 valence electrons. The fourth-order valence-corrected chi connectivity index (χ4v) is 3.25. The highest BCUT2D eigenvalue weighted by molar-refractivity contribution is 9.11. The van der Waals surface area contributed by atoms with Crippen LogP contribution >= 0.6 is 31.9 Å². The number of halogens is 2. The summed E-state index contributed by atoms with van der Waals surface area (Å²) in [4.78, 5) is 25.7. The third-order valence-corrected chi connectivity index (χ3v) is 4.31. The van der Waals surface area contributed by atoms with E-state index in [1.54, 1.807) is 17.0 Å². The van der Waals surface area contributed by atoms with Crippen LogP contribution in [0.3, 0.4) is 0 Å². The average molecular weight is 420 g/mol. The second kappa shape index (κ2) is 7.91. The van der Waals surface area contributed by atoms with Crippen LogP contribution in [0, 0.1) is 0 Å². The van der Waals surface area contributed by atoms with Crippen molar-refractivity contribution in [2.45, 2.75) is 6.42 Å². The van der Waals surface area contributed by atoms with Crippen molar-refractivity contribution in [3.63, 3.8) is 0 Å². The molecule has 1 N–H and O–H groups in total. The molecule has 5 nitrogen and oxygen atoms in total. The van der Waals surface area contributed by atoms with E-state index >= 15 is 0 Å². The molecule has 0 spiro atoms. The number of carbonyl (C=O) groups is 2. The number of ether oxygens (including phenoxy) is 1. The Morgan fingerprint density at radius 1 is 1.24 bits per heavy atom. The zero-order valence-electron chi connectivity index (χ0n) is 11.4. The van der Waals surface area contributed by atoms with Crippen LogP contribution < -0.4 is 5.32 Å². The summed E-state index contributed by atoms with van der Waals surface area (Å²) in [5.41, 5.74) is 0.553. The molecule has 0 bridgehead atoms. The maximum Gasteiger partial charge on any atom is 0.252 e. The first-order valence-corrected chi connectivity index (χ1v) is 8.25. The highest BCUT2D eigenvalue weighted by Crippen LogP contribution is 2.21. The fraction of sp³-hybridized carbons (Fsp3) is 0.429. The van der Waals surface area contributed by atoms with Gasteiger partial charge in [0.1, 0.15) is 0 Å². The summed E-state index contributed by atoms with van der Waals surface area (Å²) in [6.45, 7) is 2.77. The molecule has 0 unspecified atom stereocenters. The lowest BCUT2D eigenvalue weighted by atomic mass is 10.2. The number of carbonyl (C=O) groups excluding carboxylic acids is 2. The molecule has 21 heavy (non-hydrogen) atoms. The van der Waals surface area contributed by atoms with Gasteiger partial charge in [-0.3, -0.25) is 9.59 Å². The molecule has 2 rings (SSSR count). The molecule has 1 aliphatic rings. The number of nitrogens with zero attached hydrogens (tertiary/aromatic N) is 1. The Hall–Kier alpha value is -0.920. The van der Waals surface area contributed by atoms with Crippen LogP contribution in [0.15, 0.2) is 27.1 Å². The second-order valence-corrected chi connectivity index (χ2v) is 6.39. The number of nitrogens with one attached hydrogen (secondary N) is 1. The van der Waals surface area contributed by atoms with Gasteiger partial charge in [-0.1, -0.05) is 15.9 Å². The van der Waals surface area contributed by atoms with Crippen molar-refractivity contribution in [1.82, 2.24) is 10.2 Å². The third-order valence-electron chi connectivity index (χ3n) is 3.16. The van der Waals surface area contributed by atoms with Crippen LogP contribution in [0.5, 0.6) is 0 Å². The Balaban J connectivity index is 1.79. The molecule has 2 amide bonds. The molecule has 1 fully saturated rings. The van der Waals surface area contributed by atoms with E-state index in [1.807, 2.05) is 6.07 Å². The Morgan fingerprint density at radius 2 is 1.95 bits per heavy atom. The first kappa shape index (κ1) is 16.5. The topological polar surface area (TPSA) is 58.6 Å². The van der Waals surface area contributed by atoms with E-state index in [2.05, 4.69) is 37.2 Å². The van der Waals surface area contributed by atoms with E-state index in [9.17, 15) is 9.59 Å². The smallest absolute Gasteiger partial charge is 0.252 e. The quantitative estimate of drug-likeness (QED) is 0.813.